The molecule has 27 heavy (non-hydrogen) atoms. The highest BCUT2D eigenvalue weighted by Crippen LogP contribution is 2.48. The molecule has 142 valence electrons. The number of primary amides is 1. The fraction of sp³-hybridized carbons (Fsp3) is 0.222. The summed E-state index contributed by atoms with van der Waals surface area (Å²) in [5.74, 6) is -4.98. The van der Waals surface area contributed by atoms with Gasteiger partial charge in [-0.15, -0.1) is 0 Å². The third-order valence-electron chi connectivity index (χ3n) is 4.24. The number of rotatable bonds is 6. The van der Waals surface area contributed by atoms with E-state index in [0.29, 0.717) is 0 Å². The van der Waals surface area contributed by atoms with Crippen LogP contribution in [0.15, 0.2) is 36.4 Å². The second-order valence-corrected chi connectivity index (χ2v) is 5.87. The first-order chi connectivity index (χ1) is 12.8. The van der Waals surface area contributed by atoms with Crippen molar-refractivity contribution in [2.45, 2.75) is 5.60 Å². The first-order valence-electron chi connectivity index (χ1n) is 7.92. The third kappa shape index (κ3) is 2.94. The van der Waals surface area contributed by atoms with Crippen molar-refractivity contribution in [1.82, 2.24) is 0 Å². The van der Waals surface area contributed by atoms with E-state index in [4.69, 9.17) is 15.6 Å². The van der Waals surface area contributed by atoms with Crippen LogP contribution in [0.1, 0.15) is 11.1 Å². The molecule has 0 fully saturated rings. The van der Waals surface area contributed by atoms with Gasteiger partial charge < -0.3 is 15.6 Å². The van der Waals surface area contributed by atoms with E-state index in [-0.39, 0.29) is 11.3 Å². The van der Waals surface area contributed by atoms with Gasteiger partial charge in [0.15, 0.2) is 11.6 Å². The molecular formula is C18H15F3N2O4. The number of aliphatic hydroxyl groups excluding tert-OH is 1. The van der Waals surface area contributed by atoms with Crippen molar-refractivity contribution in [2.75, 3.05) is 24.7 Å². The van der Waals surface area contributed by atoms with Crippen LogP contribution in [0.2, 0.25) is 0 Å². The number of carbonyl (C=O) groups is 2. The molecule has 1 aliphatic heterocycles. The Morgan fingerprint density at radius 3 is 2.41 bits per heavy atom. The van der Waals surface area contributed by atoms with E-state index in [2.05, 4.69) is 0 Å². The average Bonchev–Trinajstić information content (AvgIpc) is 2.86. The summed E-state index contributed by atoms with van der Waals surface area (Å²) in [5.41, 5.74) is 2.43. The Labute approximate surface area is 151 Å². The second-order valence-electron chi connectivity index (χ2n) is 5.87. The van der Waals surface area contributed by atoms with E-state index in [9.17, 15) is 22.8 Å². The van der Waals surface area contributed by atoms with Crippen LogP contribution >= 0.6 is 0 Å². The van der Waals surface area contributed by atoms with Gasteiger partial charge >= 0.3 is 0 Å². The highest BCUT2D eigenvalue weighted by molar-refractivity contribution is 6.11. The van der Waals surface area contributed by atoms with E-state index in [0.717, 1.165) is 29.2 Å². The molecule has 0 spiro atoms. The Kier molecular flexibility index (Phi) is 4.90. The lowest BCUT2D eigenvalue weighted by molar-refractivity contribution is -0.140. The Balaban J connectivity index is 2.32. The van der Waals surface area contributed by atoms with Gasteiger partial charge in [-0.05, 0) is 29.8 Å². The minimum atomic E-state index is -2.20. The van der Waals surface area contributed by atoms with Crippen molar-refractivity contribution >= 4 is 17.5 Å². The molecule has 2 amide bonds. The van der Waals surface area contributed by atoms with Crippen LogP contribution in [0.25, 0.3) is 0 Å². The highest BCUT2D eigenvalue weighted by atomic mass is 19.2. The minimum Gasteiger partial charge on any atom is -0.394 e. The smallest absolute Gasteiger partial charge is 0.269 e. The van der Waals surface area contributed by atoms with E-state index < -0.39 is 60.2 Å². The van der Waals surface area contributed by atoms with Crippen LogP contribution in [-0.4, -0.2) is 36.7 Å². The molecule has 3 rings (SSSR count). The van der Waals surface area contributed by atoms with Crippen LogP contribution in [0.3, 0.4) is 0 Å². The molecule has 0 bridgehead atoms. The second kappa shape index (κ2) is 7.01. The van der Waals surface area contributed by atoms with Gasteiger partial charge in [-0.25, -0.2) is 13.2 Å². The molecule has 0 saturated carbocycles. The number of nitrogens with two attached hydrogens (primary N) is 1. The molecule has 6 nitrogen and oxygen atoms in total. The summed E-state index contributed by atoms with van der Waals surface area (Å²) >= 11 is 0. The van der Waals surface area contributed by atoms with E-state index >= 15 is 0 Å². The van der Waals surface area contributed by atoms with Crippen LogP contribution < -0.4 is 10.6 Å². The Hall–Kier alpha value is -2.91. The van der Waals surface area contributed by atoms with Crippen molar-refractivity contribution in [3.8, 4) is 0 Å². The average molecular weight is 380 g/mol. The summed E-state index contributed by atoms with van der Waals surface area (Å²) in [6.45, 7) is -1.51. The first kappa shape index (κ1) is 18.9. The summed E-state index contributed by atoms with van der Waals surface area (Å²) in [5, 5.41) is 9.15. The van der Waals surface area contributed by atoms with Gasteiger partial charge in [0.1, 0.15) is 12.4 Å². The van der Waals surface area contributed by atoms with Crippen molar-refractivity contribution in [2.24, 2.45) is 5.73 Å². The number of fused-ring (bicyclic) bond motifs is 1. The van der Waals surface area contributed by atoms with Gasteiger partial charge in [-0.1, -0.05) is 12.1 Å². The zero-order chi connectivity index (χ0) is 19.8. The Morgan fingerprint density at radius 1 is 1.15 bits per heavy atom. The standard InChI is InChI=1S/C18H15F3N2O4/c19-11-3-1-10(2-4-11)18(27-8-7-24)15-13(6-5-12(20)16(15)21)23(17(18)26)9-14(22)25/h1-6,24H,7-9H2,(H2,22,25)/t18-/m0/s1. The molecule has 3 N–H and O–H groups in total. The quantitative estimate of drug-likeness (QED) is 0.787. The molecule has 0 saturated heterocycles. The lowest BCUT2D eigenvalue weighted by Crippen LogP contribution is -2.46. The van der Waals surface area contributed by atoms with Crippen LogP contribution in [-0.2, 0) is 19.9 Å². The number of amides is 2. The SMILES string of the molecule is NC(=O)CN1C(=O)[C@](OCCO)(c2ccc(F)cc2)c2c1ccc(F)c2F. The van der Waals surface area contributed by atoms with Crippen LogP contribution in [0.5, 0.6) is 0 Å². The minimum absolute atomic E-state index is 0.0140. The van der Waals surface area contributed by atoms with Gasteiger partial charge in [0, 0.05) is 0 Å². The van der Waals surface area contributed by atoms with Gasteiger partial charge in [-0.3, -0.25) is 14.5 Å². The Morgan fingerprint density at radius 2 is 1.81 bits per heavy atom. The number of aliphatic hydroxyl groups is 1. The van der Waals surface area contributed by atoms with Crippen molar-refractivity contribution < 1.29 is 32.6 Å². The molecule has 0 radical (unpaired) electrons. The number of hydrogen-bond donors (Lipinski definition) is 2. The number of benzene rings is 2. The lowest BCUT2D eigenvalue weighted by Gasteiger charge is -2.29. The number of carbonyl (C=O) groups excluding carboxylic acids is 2. The molecule has 2 aromatic carbocycles. The fourth-order valence-electron chi connectivity index (χ4n) is 3.19. The maximum absolute atomic E-state index is 14.8. The molecule has 1 atom stereocenters. The molecule has 2 aromatic rings. The number of hydrogen-bond acceptors (Lipinski definition) is 4. The zero-order valence-corrected chi connectivity index (χ0v) is 13.9. The fourth-order valence-corrected chi connectivity index (χ4v) is 3.19. The molecule has 1 heterocycles. The van der Waals surface area contributed by atoms with Crippen molar-refractivity contribution in [3.05, 3.63) is 65.0 Å². The zero-order valence-electron chi connectivity index (χ0n) is 13.9. The summed E-state index contributed by atoms with van der Waals surface area (Å²) < 4.78 is 47.7. The first-order valence-corrected chi connectivity index (χ1v) is 7.92. The lowest BCUT2D eigenvalue weighted by atomic mass is 9.86. The maximum atomic E-state index is 14.8. The van der Waals surface area contributed by atoms with Gasteiger partial charge in [0.2, 0.25) is 11.5 Å². The monoisotopic (exact) mass is 380 g/mol. The topological polar surface area (TPSA) is 92.9 Å². The van der Waals surface area contributed by atoms with Gasteiger partial charge in [0.25, 0.3) is 5.91 Å². The third-order valence-corrected chi connectivity index (χ3v) is 4.24. The summed E-state index contributed by atoms with van der Waals surface area (Å²) in [6, 6.07) is 6.37. The highest BCUT2D eigenvalue weighted by Gasteiger charge is 2.56. The van der Waals surface area contributed by atoms with E-state index in [1.54, 1.807) is 0 Å². The van der Waals surface area contributed by atoms with Crippen LogP contribution in [0.4, 0.5) is 18.9 Å². The Bertz CT molecular complexity index is 904. The summed E-state index contributed by atoms with van der Waals surface area (Å²) in [6.07, 6.45) is 0. The normalized spacial score (nSPS) is 18.7. The number of halogens is 3. The molecule has 0 aliphatic carbocycles. The van der Waals surface area contributed by atoms with Gasteiger partial charge in [0.05, 0.1) is 24.5 Å². The van der Waals surface area contributed by atoms with Crippen LogP contribution in [0, 0.1) is 17.5 Å². The summed E-state index contributed by atoms with van der Waals surface area (Å²) in [4.78, 5) is 25.5. The predicted octanol–water partition coefficient (Wildman–Crippen LogP) is 1.19. The molecular weight excluding hydrogens is 365 g/mol. The number of ether oxygens (including phenoxy) is 1. The van der Waals surface area contributed by atoms with E-state index in [1.807, 2.05) is 0 Å². The van der Waals surface area contributed by atoms with Crippen molar-refractivity contribution in [3.63, 3.8) is 0 Å². The molecule has 0 unspecified atom stereocenters. The largest absolute Gasteiger partial charge is 0.394 e. The predicted molar refractivity (Wildman–Crippen MR) is 88.1 cm³/mol. The van der Waals surface area contributed by atoms with Crippen molar-refractivity contribution in [1.29, 1.82) is 0 Å². The molecule has 1 aliphatic rings. The molecule has 9 heteroatoms. The maximum Gasteiger partial charge on any atom is 0.269 e. The molecule has 0 aromatic heterocycles. The summed E-state index contributed by atoms with van der Waals surface area (Å²) in [7, 11) is 0. The van der Waals surface area contributed by atoms with Gasteiger partial charge in [-0.2, -0.15) is 0 Å². The van der Waals surface area contributed by atoms with E-state index in [1.165, 1.54) is 12.1 Å². The number of nitrogens with zero attached hydrogens (tertiary/aromatic N) is 1. The number of anilines is 1.